The Bertz CT molecular complexity index is 1040. The number of ether oxygens (including phenoxy) is 2. The van der Waals surface area contributed by atoms with Crippen LogP contribution in [0.2, 0.25) is 0 Å². The Balaban J connectivity index is 0.000000541. The molecule has 1 saturated heterocycles. The molecule has 0 bridgehead atoms. The number of carbonyl (C=O) groups is 3. The van der Waals surface area contributed by atoms with Gasteiger partial charge in [0.25, 0.3) is 0 Å². The third-order valence-corrected chi connectivity index (χ3v) is 5.41. The molecule has 226 valence electrons. The van der Waals surface area contributed by atoms with Crippen molar-refractivity contribution in [1.29, 1.82) is 0 Å². The first-order valence-electron chi connectivity index (χ1n) is 12.9. The van der Waals surface area contributed by atoms with Crippen LogP contribution >= 0.6 is 0 Å². The molecule has 2 amide bonds. The lowest BCUT2D eigenvalue weighted by molar-refractivity contribution is -0.140. The number of benzene rings is 1. The van der Waals surface area contributed by atoms with Crippen LogP contribution in [0.5, 0.6) is 5.75 Å². The van der Waals surface area contributed by atoms with E-state index in [0.717, 1.165) is 11.3 Å². The number of morpholine rings is 1. The van der Waals surface area contributed by atoms with E-state index in [1.54, 1.807) is 35.4 Å². The number of hydrogen-bond donors (Lipinski definition) is 7. The second-order valence-corrected chi connectivity index (χ2v) is 9.32. The molecule has 15 heteroatoms. The maximum atomic E-state index is 12.2. The van der Waals surface area contributed by atoms with Crippen molar-refractivity contribution in [2.75, 3.05) is 26.3 Å². The first-order chi connectivity index (χ1) is 19.4. The van der Waals surface area contributed by atoms with Crippen molar-refractivity contribution >= 4 is 25.3 Å². The lowest BCUT2D eigenvalue weighted by atomic mass is 10.1. The van der Waals surface area contributed by atoms with Crippen LogP contribution in [0.15, 0.2) is 48.7 Å². The van der Waals surface area contributed by atoms with Crippen molar-refractivity contribution in [3.8, 4) is 5.75 Å². The zero-order chi connectivity index (χ0) is 30.8. The molecular formula is C26H39BN4O10. The number of nitrogens with one attached hydrogen (secondary N) is 1. The van der Waals surface area contributed by atoms with Crippen molar-refractivity contribution in [2.45, 2.75) is 45.4 Å². The molecule has 1 aromatic heterocycles. The minimum atomic E-state index is -2.17. The molecule has 0 radical (unpaired) electrons. The average Bonchev–Trinajstić information content (AvgIpc) is 2.93. The molecule has 8 N–H and O–H groups in total. The fraction of sp³-hybridized carbons (Fsp3) is 0.462. The number of hydrogen-bond acceptors (Lipinski definition) is 10. The maximum Gasteiger partial charge on any atom is 0.631 e. The normalized spacial score (nSPS) is 13.9. The van der Waals surface area contributed by atoms with Crippen LogP contribution in [-0.4, -0.2) is 98.8 Å². The van der Waals surface area contributed by atoms with Crippen molar-refractivity contribution in [3.05, 3.63) is 59.9 Å². The monoisotopic (exact) mass is 578 g/mol. The van der Waals surface area contributed by atoms with Gasteiger partial charge in [-0.25, -0.2) is 9.59 Å². The van der Waals surface area contributed by atoms with Gasteiger partial charge in [-0.15, -0.1) is 0 Å². The SMILES string of the molecule is CC(C)C[C@H](N)C(=O)O.O=C(O)[C@H](Cc1ccc(OCc2ccccn2)cc1)NC(=O)N1CCOCC1.OB(O)O. The maximum absolute atomic E-state index is 12.2. The van der Waals surface area contributed by atoms with Crippen molar-refractivity contribution in [1.82, 2.24) is 15.2 Å². The number of nitrogens with two attached hydrogens (primary N) is 1. The van der Waals surface area contributed by atoms with Gasteiger partial charge in [0, 0.05) is 25.7 Å². The lowest BCUT2D eigenvalue weighted by Gasteiger charge is -2.28. The first kappa shape index (κ1) is 35.3. The lowest BCUT2D eigenvalue weighted by Crippen LogP contribution is -2.51. The Kier molecular flexibility index (Phi) is 16.6. The van der Waals surface area contributed by atoms with Gasteiger partial charge in [-0.2, -0.15) is 0 Å². The Morgan fingerprint density at radius 1 is 1.05 bits per heavy atom. The smallest absolute Gasteiger partial charge is 0.487 e. The first-order valence-corrected chi connectivity index (χ1v) is 12.9. The molecule has 14 nitrogen and oxygen atoms in total. The van der Waals surface area contributed by atoms with Gasteiger partial charge in [-0.1, -0.05) is 32.0 Å². The summed E-state index contributed by atoms with van der Waals surface area (Å²) in [5.74, 6) is -0.962. The predicted octanol–water partition coefficient (Wildman–Crippen LogP) is 0.0907. The van der Waals surface area contributed by atoms with E-state index in [-0.39, 0.29) is 12.5 Å². The van der Waals surface area contributed by atoms with E-state index in [9.17, 15) is 19.5 Å². The number of aromatic nitrogens is 1. The third-order valence-electron chi connectivity index (χ3n) is 5.41. The minimum absolute atomic E-state index is 0.186. The van der Waals surface area contributed by atoms with E-state index >= 15 is 0 Å². The Morgan fingerprint density at radius 3 is 2.12 bits per heavy atom. The van der Waals surface area contributed by atoms with Crippen LogP contribution < -0.4 is 15.8 Å². The van der Waals surface area contributed by atoms with Gasteiger partial charge in [0.15, 0.2) is 0 Å². The van der Waals surface area contributed by atoms with E-state index in [4.69, 9.17) is 35.4 Å². The highest BCUT2D eigenvalue weighted by Crippen LogP contribution is 2.15. The predicted molar refractivity (Wildman–Crippen MR) is 149 cm³/mol. The molecule has 0 saturated carbocycles. The molecule has 0 spiro atoms. The second-order valence-electron chi connectivity index (χ2n) is 9.32. The van der Waals surface area contributed by atoms with Crippen molar-refractivity contribution < 1.29 is 49.1 Å². The number of carboxylic acid groups (broad SMARTS) is 2. The number of pyridine rings is 1. The van der Waals surface area contributed by atoms with Crippen molar-refractivity contribution in [3.63, 3.8) is 0 Å². The summed E-state index contributed by atoms with van der Waals surface area (Å²) >= 11 is 0. The van der Waals surface area contributed by atoms with E-state index in [2.05, 4.69) is 10.3 Å². The van der Waals surface area contributed by atoms with Gasteiger partial charge < -0.3 is 50.7 Å². The summed E-state index contributed by atoms with van der Waals surface area (Å²) in [4.78, 5) is 39.7. The van der Waals surface area contributed by atoms with Gasteiger partial charge in [0.1, 0.15) is 24.4 Å². The summed E-state index contributed by atoms with van der Waals surface area (Å²) in [5.41, 5.74) is 6.83. The summed E-state index contributed by atoms with van der Waals surface area (Å²) in [7, 11) is -2.17. The highest BCUT2D eigenvalue weighted by molar-refractivity contribution is 6.30. The summed E-state index contributed by atoms with van der Waals surface area (Å²) in [6.45, 7) is 6.09. The number of nitrogens with zero attached hydrogens (tertiary/aromatic N) is 2. The van der Waals surface area contributed by atoms with Crippen LogP contribution in [-0.2, 0) is 27.4 Å². The quantitative estimate of drug-likeness (QED) is 0.186. The number of urea groups is 1. The van der Waals surface area contributed by atoms with E-state index in [1.807, 2.05) is 32.0 Å². The molecule has 1 fully saturated rings. The summed E-state index contributed by atoms with van der Waals surface area (Å²) in [6.07, 6.45) is 2.44. The molecule has 41 heavy (non-hydrogen) atoms. The summed E-state index contributed by atoms with van der Waals surface area (Å²) in [5, 5.41) is 41.9. The van der Waals surface area contributed by atoms with Gasteiger partial charge in [-0.3, -0.25) is 9.78 Å². The second kappa shape index (κ2) is 19.3. The number of carbonyl (C=O) groups excluding carboxylic acids is 1. The molecule has 1 aliphatic rings. The minimum Gasteiger partial charge on any atom is -0.487 e. The van der Waals surface area contributed by atoms with Crippen molar-refractivity contribution in [2.24, 2.45) is 11.7 Å². The Labute approximate surface area is 238 Å². The van der Waals surface area contributed by atoms with Gasteiger partial charge in [0.2, 0.25) is 0 Å². The zero-order valence-electron chi connectivity index (χ0n) is 23.1. The molecule has 0 aliphatic carbocycles. The third kappa shape index (κ3) is 16.2. The fourth-order valence-corrected chi connectivity index (χ4v) is 3.41. The molecule has 2 atom stereocenters. The number of rotatable bonds is 10. The van der Waals surface area contributed by atoms with Crippen LogP contribution in [0, 0.1) is 5.92 Å². The van der Waals surface area contributed by atoms with E-state index < -0.39 is 31.3 Å². The topological polar surface area (TPSA) is 225 Å². The molecule has 1 aliphatic heterocycles. The van der Waals surface area contributed by atoms with Gasteiger partial charge in [-0.05, 0) is 42.2 Å². The molecule has 2 heterocycles. The fourth-order valence-electron chi connectivity index (χ4n) is 3.41. The zero-order valence-corrected chi connectivity index (χ0v) is 23.1. The van der Waals surface area contributed by atoms with Gasteiger partial charge in [0.05, 0.1) is 18.9 Å². The standard InChI is InChI=1S/C20H23N3O5.C6H13NO2.BH3O3/c24-19(25)18(22-20(26)23-9-11-27-12-10-23)13-15-4-6-17(7-5-15)28-14-16-3-1-2-8-21-16;1-4(2)3-5(7)6(8)9;2-1(3)4/h1-8,18H,9-14H2,(H,22,26)(H,24,25);4-5H,3,7H2,1-2H3,(H,8,9);2-4H/t18-;5-;/m00./s1. The number of carboxylic acids is 2. The highest BCUT2D eigenvalue weighted by atomic mass is 16.5. The number of amides is 2. The van der Waals surface area contributed by atoms with Crippen LogP contribution in [0.4, 0.5) is 4.79 Å². The summed E-state index contributed by atoms with van der Waals surface area (Å²) < 4.78 is 10.9. The molecule has 2 aromatic rings. The average molecular weight is 578 g/mol. The molecule has 0 unspecified atom stereocenters. The van der Waals surface area contributed by atoms with Crippen LogP contribution in [0.25, 0.3) is 0 Å². The summed E-state index contributed by atoms with van der Waals surface area (Å²) in [6, 6.07) is 10.7. The Morgan fingerprint density at radius 2 is 1.66 bits per heavy atom. The van der Waals surface area contributed by atoms with E-state index in [1.165, 1.54) is 0 Å². The van der Waals surface area contributed by atoms with Crippen LogP contribution in [0.3, 0.4) is 0 Å². The molecular weight excluding hydrogens is 539 g/mol. The largest absolute Gasteiger partial charge is 0.631 e. The number of aliphatic carboxylic acids is 2. The highest BCUT2D eigenvalue weighted by Gasteiger charge is 2.24. The Hall–Kier alpha value is -3.76. The van der Waals surface area contributed by atoms with Gasteiger partial charge >= 0.3 is 25.3 Å². The molecule has 1 aromatic carbocycles. The van der Waals surface area contributed by atoms with E-state index in [0.29, 0.717) is 51.0 Å². The van der Waals surface area contributed by atoms with Crippen LogP contribution in [0.1, 0.15) is 31.5 Å². The molecule has 3 rings (SSSR count).